The van der Waals surface area contributed by atoms with Gasteiger partial charge in [-0.1, -0.05) is 29.3 Å². The monoisotopic (exact) mass is 304 g/mol. The molecule has 0 saturated carbocycles. The Morgan fingerprint density at radius 2 is 1.67 bits per heavy atom. The summed E-state index contributed by atoms with van der Waals surface area (Å²) in [6.45, 7) is 3.64. The molecule has 0 amide bonds. The van der Waals surface area contributed by atoms with Gasteiger partial charge in [0.25, 0.3) is 0 Å². The van der Waals surface area contributed by atoms with E-state index in [2.05, 4.69) is 9.97 Å². The van der Waals surface area contributed by atoms with Crippen LogP contribution in [0, 0.1) is 25.5 Å². The summed E-state index contributed by atoms with van der Waals surface area (Å²) < 4.78 is 27.8. The molecule has 106 valence electrons. The molecule has 3 rings (SSSR count). The molecular formula is C16H11ClF2N2. The first-order valence-corrected chi connectivity index (χ1v) is 6.74. The topological polar surface area (TPSA) is 25.8 Å². The summed E-state index contributed by atoms with van der Waals surface area (Å²) in [4.78, 5) is 8.34. The molecule has 0 radical (unpaired) electrons. The highest BCUT2D eigenvalue weighted by atomic mass is 35.5. The summed E-state index contributed by atoms with van der Waals surface area (Å²) in [6, 6.07) is 7.58. The highest BCUT2D eigenvalue weighted by molar-refractivity contribution is 6.34. The van der Waals surface area contributed by atoms with Gasteiger partial charge in [-0.25, -0.2) is 18.7 Å². The lowest BCUT2D eigenvalue weighted by atomic mass is 10.1. The fraction of sp³-hybridized carbons (Fsp3) is 0.125. The second-order valence-corrected chi connectivity index (χ2v) is 5.27. The minimum absolute atomic E-state index is 0.0166. The second kappa shape index (κ2) is 5.04. The molecule has 0 fully saturated rings. The van der Waals surface area contributed by atoms with Crippen LogP contribution in [0.25, 0.3) is 22.3 Å². The first-order valence-electron chi connectivity index (χ1n) is 6.36. The highest BCUT2D eigenvalue weighted by Crippen LogP contribution is 2.30. The molecule has 1 heterocycles. The van der Waals surface area contributed by atoms with Gasteiger partial charge in [0, 0.05) is 0 Å². The summed E-state index contributed by atoms with van der Waals surface area (Å²) >= 11 is 6.07. The Labute approximate surface area is 125 Å². The van der Waals surface area contributed by atoms with Gasteiger partial charge < -0.3 is 0 Å². The molecule has 21 heavy (non-hydrogen) atoms. The third-order valence-corrected chi connectivity index (χ3v) is 3.59. The number of aryl methyl sites for hydroxylation is 2. The van der Waals surface area contributed by atoms with E-state index in [0.717, 1.165) is 11.1 Å². The van der Waals surface area contributed by atoms with Crippen molar-refractivity contribution in [3.05, 3.63) is 58.2 Å². The van der Waals surface area contributed by atoms with Gasteiger partial charge in [-0.05, 0) is 37.6 Å². The summed E-state index contributed by atoms with van der Waals surface area (Å²) in [7, 11) is 0. The Hall–Kier alpha value is -2.07. The van der Waals surface area contributed by atoms with Crippen molar-refractivity contribution in [1.82, 2.24) is 9.97 Å². The van der Waals surface area contributed by atoms with Gasteiger partial charge >= 0.3 is 0 Å². The Morgan fingerprint density at radius 3 is 2.43 bits per heavy atom. The van der Waals surface area contributed by atoms with Crippen molar-refractivity contribution in [1.29, 1.82) is 0 Å². The van der Waals surface area contributed by atoms with Crippen molar-refractivity contribution < 1.29 is 8.78 Å². The number of halogens is 3. The molecule has 5 heteroatoms. The van der Waals surface area contributed by atoms with Crippen LogP contribution in [0.4, 0.5) is 8.78 Å². The van der Waals surface area contributed by atoms with Gasteiger partial charge in [0.05, 0.1) is 16.5 Å². The molecule has 0 aliphatic carbocycles. The van der Waals surface area contributed by atoms with E-state index in [0.29, 0.717) is 5.52 Å². The standard InChI is InChI=1S/C16H11ClF2N2/c1-8-3-5-11(18)10(7-8)16-20-14-9(2)4-6-12(19)13(14)15(17)21-16/h3-7H,1-2H3. The summed E-state index contributed by atoms with van der Waals surface area (Å²) in [5.74, 6) is -0.774. The van der Waals surface area contributed by atoms with Crippen molar-refractivity contribution in [3.8, 4) is 11.4 Å². The zero-order chi connectivity index (χ0) is 15.1. The third-order valence-electron chi connectivity index (χ3n) is 3.32. The average molecular weight is 305 g/mol. The van der Waals surface area contributed by atoms with E-state index in [1.165, 1.54) is 12.1 Å². The van der Waals surface area contributed by atoms with E-state index >= 15 is 0 Å². The van der Waals surface area contributed by atoms with E-state index in [1.807, 2.05) is 6.92 Å². The van der Waals surface area contributed by atoms with Gasteiger partial charge in [0.2, 0.25) is 0 Å². The van der Waals surface area contributed by atoms with E-state index in [-0.39, 0.29) is 21.9 Å². The van der Waals surface area contributed by atoms with Crippen LogP contribution < -0.4 is 0 Å². The predicted molar refractivity (Wildman–Crippen MR) is 79.4 cm³/mol. The van der Waals surface area contributed by atoms with Gasteiger partial charge in [0.1, 0.15) is 16.8 Å². The lowest BCUT2D eigenvalue weighted by Crippen LogP contribution is -1.97. The van der Waals surface area contributed by atoms with E-state index in [4.69, 9.17) is 11.6 Å². The van der Waals surface area contributed by atoms with Gasteiger partial charge in [-0.15, -0.1) is 0 Å². The van der Waals surface area contributed by atoms with Gasteiger partial charge in [-0.2, -0.15) is 0 Å². The fourth-order valence-electron chi connectivity index (χ4n) is 2.22. The Morgan fingerprint density at radius 1 is 0.952 bits per heavy atom. The van der Waals surface area contributed by atoms with Crippen LogP contribution in [0.2, 0.25) is 5.15 Å². The largest absolute Gasteiger partial charge is 0.227 e. The molecule has 2 aromatic carbocycles. The number of benzene rings is 2. The van der Waals surface area contributed by atoms with Crippen molar-refractivity contribution in [2.24, 2.45) is 0 Å². The number of aromatic nitrogens is 2. The predicted octanol–water partition coefficient (Wildman–Crippen LogP) is 4.85. The molecule has 1 aromatic heterocycles. The Bertz CT molecular complexity index is 863. The van der Waals surface area contributed by atoms with Crippen LogP contribution in [-0.4, -0.2) is 9.97 Å². The summed E-state index contributed by atoms with van der Waals surface area (Å²) in [5, 5.41) is 0.144. The first-order chi connectivity index (χ1) is 9.97. The van der Waals surface area contributed by atoms with Gasteiger partial charge in [0.15, 0.2) is 5.82 Å². The minimum Gasteiger partial charge on any atom is -0.227 e. The highest BCUT2D eigenvalue weighted by Gasteiger charge is 2.15. The SMILES string of the molecule is Cc1ccc(F)c(-c2nc(Cl)c3c(F)ccc(C)c3n2)c1. The lowest BCUT2D eigenvalue weighted by molar-refractivity contribution is 0.629. The molecule has 0 atom stereocenters. The van der Waals surface area contributed by atoms with Crippen molar-refractivity contribution >= 4 is 22.5 Å². The van der Waals surface area contributed by atoms with Crippen molar-refractivity contribution in [3.63, 3.8) is 0 Å². The van der Waals surface area contributed by atoms with Crippen LogP contribution in [0.5, 0.6) is 0 Å². The van der Waals surface area contributed by atoms with Crippen LogP contribution in [0.1, 0.15) is 11.1 Å². The smallest absolute Gasteiger partial charge is 0.164 e. The summed E-state index contributed by atoms with van der Waals surface area (Å²) in [6.07, 6.45) is 0. The van der Waals surface area contributed by atoms with E-state index in [1.54, 1.807) is 25.1 Å². The zero-order valence-electron chi connectivity index (χ0n) is 11.4. The van der Waals surface area contributed by atoms with Crippen LogP contribution >= 0.6 is 11.6 Å². The zero-order valence-corrected chi connectivity index (χ0v) is 12.2. The third kappa shape index (κ3) is 2.36. The fourth-order valence-corrected chi connectivity index (χ4v) is 2.48. The quantitative estimate of drug-likeness (QED) is 0.601. The Kier molecular flexibility index (Phi) is 3.33. The molecular weight excluding hydrogens is 294 g/mol. The second-order valence-electron chi connectivity index (χ2n) is 4.91. The maximum atomic E-state index is 14.0. The first kappa shape index (κ1) is 13.9. The number of nitrogens with zero attached hydrogens (tertiary/aromatic N) is 2. The number of rotatable bonds is 1. The molecule has 0 N–H and O–H groups in total. The molecule has 0 spiro atoms. The summed E-state index contributed by atoms with van der Waals surface area (Å²) in [5.41, 5.74) is 2.28. The van der Waals surface area contributed by atoms with Crippen molar-refractivity contribution in [2.75, 3.05) is 0 Å². The number of hydrogen-bond acceptors (Lipinski definition) is 2. The molecule has 0 unspecified atom stereocenters. The molecule has 0 saturated heterocycles. The average Bonchev–Trinajstić information content (AvgIpc) is 2.45. The number of hydrogen-bond donors (Lipinski definition) is 0. The number of fused-ring (bicyclic) bond motifs is 1. The van der Waals surface area contributed by atoms with Crippen molar-refractivity contribution in [2.45, 2.75) is 13.8 Å². The van der Waals surface area contributed by atoms with E-state index < -0.39 is 11.6 Å². The van der Waals surface area contributed by atoms with Crippen LogP contribution in [0.3, 0.4) is 0 Å². The molecule has 2 nitrogen and oxygen atoms in total. The Balaban J connectivity index is 2.35. The maximum absolute atomic E-state index is 14.0. The lowest BCUT2D eigenvalue weighted by Gasteiger charge is -2.08. The normalized spacial score (nSPS) is 11.1. The van der Waals surface area contributed by atoms with E-state index in [9.17, 15) is 8.78 Å². The molecule has 0 bridgehead atoms. The van der Waals surface area contributed by atoms with Crippen LogP contribution in [0.15, 0.2) is 30.3 Å². The minimum atomic E-state index is -0.489. The van der Waals surface area contributed by atoms with Crippen LogP contribution in [-0.2, 0) is 0 Å². The maximum Gasteiger partial charge on any atom is 0.164 e. The molecule has 0 aliphatic rings. The molecule has 0 aliphatic heterocycles. The van der Waals surface area contributed by atoms with Gasteiger partial charge in [-0.3, -0.25) is 0 Å². The molecule has 3 aromatic rings.